The Balaban J connectivity index is 1.19. The van der Waals surface area contributed by atoms with E-state index in [1.807, 2.05) is 63.6 Å². The number of ether oxygens (including phenoxy) is 1. The predicted octanol–water partition coefficient (Wildman–Crippen LogP) is 22.9. The lowest BCUT2D eigenvalue weighted by Gasteiger charge is -2.03. The van der Waals surface area contributed by atoms with Crippen LogP contribution in [0.3, 0.4) is 0 Å². The number of unbranched alkanes of at least 4 members (excludes halogenated alkanes) is 14. The molecule has 0 radical (unpaired) electrons. The molecule has 7 rings (SSSR count). The van der Waals surface area contributed by atoms with E-state index in [2.05, 4.69) is 119 Å². The Morgan fingerprint density at radius 1 is 0.352 bits per heavy atom. The minimum Gasteiger partial charge on any atom is -0.466 e. The molecule has 7 aromatic rings. The number of esters is 1. The highest BCUT2D eigenvalue weighted by atomic mass is 32.1. The standard InChI is InChI=1S/C62H82O2S7/c1-8-13-17-22-28-45-38-43(6)65-58(45)50-34-35-51(67-50)59-47(30-23-18-14-9-2)40-54(69-59)55-41-48(31-24-19-15-10-3)60(70-55)52-36-37-53(68-52)61-49(32-25-20-16-11-4)42-56(71-61)62-46(39-44(7)66-62)29-26-21-27-33-57(63)64-12-5/h34-42H,8-33H2,1-7H3. The predicted molar refractivity (Wildman–Crippen MR) is 324 cm³/mol. The molecule has 0 N–H and O–H groups in total. The Kier molecular flexibility index (Phi) is 23.3. The lowest BCUT2D eigenvalue weighted by Crippen LogP contribution is -2.03. The Bertz CT molecular complexity index is 2670. The lowest BCUT2D eigenvalue weighted by molar-refractivity contribution is -0.143. The summed E-state index contributed by atoms with van der Waals surface area (Å²) in [4.78, 5) is 32.3. The van der Waals surface area contributed by atoms with E-state index in [4.69, 9.17) is 4.74 Å². The first-order valence-electron chi connectivity index (χ1n) is 27.7. The Morgan fingerprint density at radius 2 is 0.662 bits per heavy atom. The topological polar surface area (TPSA) is 26.3 Å². The molecule has 0 atom stereocenters. The zero-order valence-electron chi connectivity index (χ0n) is 44.3. The molecule has 0 saturated heterocycles. The van der Waals surface area contributed by atoms with Crippen molar-refractivity contribution in [3.63, 3.8) is 0 Å². The number of aryl methyl sites for hydroxylation is 7. The summed E-state index contributed by atoms with van der Waals surface area (Å²) in [6, 6.07) is 22.4. The van der Waals surface area contributed by atoms with Gasteiger partial charge in [0.1, 0.15) is 0 Å². The molecule has 0 aliphatic carbocycles. The van der Waals surface area contributed by atoms with Crippen molar-refractivity contribution in [1.82, 2.24) is 0 Å². The van der Waals surface area contributed by atoms with Gasteiger partial charge < -0.3 is 4.74 Å². The van der Waals surface area contributed by atoms with Gasteiger partial charge in [0.05, 0.1) is 6.61 Å². The summed E-state index contributed by atoms with van der Waals surface area (Å²) < 4.78 is 5.18. The van der Waals surface area contributed by atoms with Gasteiger partial charge in [-0.05, 0) is 174 Å². The molecule has 9 heteroatoms. The molecule has 0 saturated carbocycles. The van der Waals surface area contributed by atoms with Gasteiger partial charge in [-0.15, -0.1) is 79.4 Å². The number of hydrogen-bond acceptors (Lipinski definition) is 9. The van der Waals surface area contributed by atoms with Crippen molar-refractivity contribution in [2.75, 3.05) is 6.61 Å². The van der Waals surface area contributed by atoms with Gasteiger partial charge in [-0.3, -0.25) is 4.79 Å². The fraction of sp³-hybridized carbons (Fsp3) is 0.532. The van der Waals surface area contributed by atoms with Crippen LogP contribution in [0.25, 0.3) is 58.5 Å². The molecule has 7 aromatic heterocycles. The molecular weight excluding hydrogens is 1000 g/mol. The Morgan fingerprint density at radius 3 is 1.03 bits per heavy atom. The van der Waals surface area contributed by atoms with Crippen molar-refractivity contribution < 1.29 is 9.53 Å². The first kappa shape index (κ1) is 56.1. The molecule has 7 heterocycles. The Hall–Kier alpha value is -2.63. The van der Waals surface area contributed by atoms with Gasteiger partial charge in [-0.1, -0.05) is 111 Å². The summed E-state index contributed by atoms with van der Waals surface area (Å²) in [6.45, 7) is 16.2. The average molecular weight is 1080 g/mol. The highest BCUT2D eigenvalue weighted by molar-refractivity contribution is 7.31. The maximum Gasteiger partial charge on any atom is 0.305 e. The molecule has 0 aromatic carbocycles. The fourth-order valence-electron chi connectivity index (χ4n) is 9.87. The van der Waals surface area contributed by atoms with E-state index in [9.17, 15) is 4.79 Å². The smallest absolute Gasteiger partial charge is 0.305 e. The summed E-state index contributed by atoms with van der Waals surface area (Å²) in [7, 11) is 0. The minimum absolute atomic E-state index is 0.0650. The molecule has 2 nitrogen and oxygen atoms in total. The highest BCUT2D eigenvalue weighted by Gasteiger charge is 2.23. The highest BCUT2D eigenvalue weighted by Crippen LogP contribution is 2.51. The number of carbonyl (C=O) groups excluding carboxylic acids is 1. The van der Waals surface area contributed by atoms with Crippen LogP contribution in [0.15, 0.2) is 54.6 Å². The van der Waals surface area contributed by atoms with Crippen molar-refractivity contribution >= 4 is 85.3 Å². The van der Waals surface area contributed by atoms with Crippen LogP contribution in [0.1, 0.15) is 201 Å². The van der Waals surface area contributed by atoms with Gasteiger partial charge in [-0.25, -0.2) is 0 Å². The zero-order valence-corrected chi connectivity index (χ0v) is 50.0. The summed E-state index contributed by atoms with van der Waals surface area (Å²) in [5, 5.41) is 0. The average Bonchev–Trinajstić information content (AvgIpc) is 4.23. The normalized spacial score (nSPS) is 11.7. The van der Waals surface area contributed by atoms with Crippen LogP contribution in [0, 0.1) is 13.8 Å². The molecular formula is C62H82O2S7. The molecule has 0 bridgehead atoms. The van der Waals surface area contributed by atoms with E-state index in [0.717, 1.165) is 44.9 Å². The summed E-state index contributed by atoms with van der Waals surface area (Å²) >= 11 is 14.2. The number of rotatable bonds is 33. The van der Waals surface area contributed by atoms with E-state index in [-0.39, 0.29) is 5.97 Å². The van der Waals surface area contributed by atoms with Gasteiger partial charge >= 0.3 is 5.97 Å². The molecule has 0 amide bonds. The van der Waals surface area contributed by atoms with Gasteiger partial charge in [0.15, 0.2) is 0 Å². The van der Waals surface area contributed by atoms with E-state index < -0.39 is 0 Å². The van der Waals surface area contributed by atoms with Crippen molar-refractivity contribution in [2.45, 2.75) is 209 Å². The van der Waals surface area contributed by atoms with E-state index in [1.165, 1.54) is 189 Å². The maximum atomic E-state index is 12.0. The van der Waals surface area contributed by atoms with E-state index >= 15 is 0 Å². The lowest BCUT2D eigenvalue weighted by atomic mass is 10.0. The van der Waals surface area contributed by atoms with Crippen LogP contribution in [0.5, 0.6) is 0 Å². The van der Waals surface area contributed by atoms with Crippen LogP contribution >= 0.6 is 79.4 Å². The monoisotopic (exact) mass is 1080 g/mol. The van der Waals surface area contributed by atoms with Crippen molar-refractivity contribution in [3.8, 4) is 58.5 Å². The first-order valence-corrected chi connectivity index (χ1v) is 33.4. The minimum atomic E-state index is -0.0650. The third kappa shape index (κ3) is 15.9. The molecule has 71 heavy (non-hydrogen) atoms. The fourth-order valence-corrected chi connectivity index (χ4v) is 18.4. The quantitative estimate of drug-likeness (QED) is 0.0303. The van der Waals surface area contributed by atoms with Crippen LogP contribution in [0.4, 0.5) is 0 Å². The molecule has 0 unspecified atom stereocenters. The summed E-state index contributed by atoms with van der Waals surface area (Å²) in [5.41, 5.74) is 7.64. The SMILES string of the molecule is CCCCCCc1cc(C)sc1-c1ccc(-c2sc(-c3cc(CCCCCC)c(-c4ccc(-c5sc(-c6sc(C)cc6CCCCCC(=O)OCC)cc5CCCCCC)s4)s3)cc2CCCCCC)s1. The van der Waals surface area contributed by atoms with Crippen LogP contribution in [-0.4, -0.2) is 12.6 Å². The molecule has 384 valence electrons. The molecule has 0 aliphatic rings. The number of carbonyl (C=O) groups is 1. The second-order valence-corrected chi connectivity index (χ2v) is 27.6. The summed E-state index contributed by atoms with van der Waals surface area (Å²) in [6.07, 6.45) is 29.9. The second-order valence-electron chi connectivity index (χ2n) is 19.8. The van der Waals surface area contributed by atoms with Crippen LogP contribution < -0.4 is 0 Å². The van der Waals surface area contributed by atoms with Gasteiger partial charge in [0.2, 0.25) is 0 Å². The van der Waals surface area contributed by atoms with Gasteiger partial charge in [-0.2, -0.15) is 0 Å². The summed E-state index contributed by atoms with van der Waals surface area (Å²) in [5.74, 6) is -0.0650. The van der Waals surface area contributed by atoms with E-state index in [0.29, 0.717) is 13.0 Å². The van der Waals surface area contributed by atoms with Gasteiger partial charge in [0.25, 0.3) is 0 Å². The van der Waals surface area contributed by atoms with Crippen molar-refractivity contribution in [2.24, 2.45) is 0 Å². The van der Waals surface area contributed by atoms with Gasteiger partial charge in [0, 0.05) is 74.7 Å². The van der Waals surface area contributed by atoms with Crippen LogP contribution in [0.2, 0.25) is 0 Å². The number of thiophene rings is 7. The molecule has 0 spiro atoms. The third-order valence-electron chi connectivity index (χ3n) is 13.7. The van der Waals surface area contributed by atoms with Crippen LogP contribution in [-0.2, 0) is 41.6 Å². The first-order chi connectivity index (χ1) is 34.7. The number of hydrogen-bond donors (Lipinski definition) is 0. The van der Waals surface area contributed by atoms with Crippen molar-refractivity contribution in [3.05, 3.63) is 92.2 Å². The van der Waals surface area contributed by atoms with Crippen molar-refractivity contribution in [1.29, 1.82) is 0 Å². The molecule has 0 aliphatic heterocycles. The third-order valence-corrected chi connectivity index (χ3v) is 22.7. The second kappa shape index (κ2) is 29.5. The largest absolute Gasteiger partial charge is 0.466 e. The zero-order chi connectivity index (χ0) is 50.0. The van der Waals surface area contributed by atoms with E-state index in [1.54, 1.807) is 16.7 Å². The molecule has 0 fully saturated rings. The Labute approximate surface area is 457 Å². The maximum absolute atomic E-state index is 12.0.